The summed E-state index contributed by atoms with van der Waals surface area (Å²) in [7, 11) is 1.66. The first kappa shape index (κ1) is 11.5. The second-order valence-electron chi connectivity index (χ2n) is 3.87. The monoisotopic (exact) mass is 233 g/mol. The van der Waals surface area contributed by atoms with Gasteiger partial charge < -0.3 is 10.5 Å². The molecule has 0 aliphatic heterocycles. The number of methoxy groups -OCH3 is 1. The Morgan fingerprint density at radius 1 is 1.35 bits per heavy atom. The third-order valence-electron chi connectivity index (χ3n) is 2.49. The molecule has 90 valence electrons. The second kappa shape index (κ2) is 4.92. The molecule has 1 unspecified atom stereocenters. The van der Waals surface area contributed by atoms with Gasteiger partial charge in [0.05, 0.1) is 12.6 Å². The van der Waals surface area contributed by atoms with Gasteiger partial charge in [0, 0.05) is 18.4 Å². The first-order valence-electron chi connectivity index (χ1n) is 5.35. The molecule has 0 radical (unpaired) electrons. The van der Waals surface area contributed by atoms with Crippen LogP contribution in [0.15, 0.2) is 24.3 Å². The standard InChI is InChI=1S/C11H15N5O/c1-8(7-17-2)16-11(13-14-15-16)9-3-5-10(12)6-4-9/h3-6,8H,7,12H2,1-2H3. The maximum Gasteiger partial charge on any atom is 0.182 e. The molecule has 1 heterocycles. The summed E-state index contributed by atoms with van der Waals surface area (Å²) in [5.41, 5.74) is 7.30. The van der Waals surface area contributed by atoms with Gasteiger partial charge in [-0.05, 0) is 41.6 Å². The van der Waals surface area contributed by atoms with Gasteiger partial charge in [-0.2, -0.15) is 0 Å². The van der Waals surface area contributed by atoms with Crippen molar-refractivity contribution in [2.75, 3.05) is 19.5 Å². The van der Waals surface area contributed by atoms with E-state index >= 15 is 0 Å². The molecule has 17 heavy (non-hydrogen) atoms. The Bertz CT molecular complexity index is 479. The Kier molecular flexibility index (Phi) is 3.34. The molecule has 1 aromatic carbocycles. The van der Waals surface area contributed by atoms with Gasteiger partial charge in [0.15, 0.2) is 5.82 Å². The van der Waals surface area contributed by atoms with Crippen molar-refractivity contribution in [1.82, 2.24) is 20.2 Å². The van der Waals surface area contributed by atoms with Crippen molar-refractivity contribution in [2.45, 2.75) is 13.0 Å². The molecular formula is C11H15N5O. The molecule has 0 fully saturated rings. The molecule has 0 spiro atoms. The molecule has 0 amide bonds. The van der Waals surface area contributed by atoms with Crippen molar-refractivity contribution in [3.8, 4) is 11.4 Å². The summed E-state index contributed by atoms with van der Waals surface area (Å²) < 4.78 is 6.85. The second-order valence-corrected chi connectivity index (χ2v) is 3.87. The number of benzene rings is 1. The van der Waals surface area contributed by atoms with Gasteiger partial charge in [-0.25, -0.2) is 4.68 Å². The predicted octanol–water partition coefficient (Wildman–Crippen LogP) is 1.13. The van der Waals surface area contributed by atoms with Crippen molar-refractivity contribution in [3.05, 3.63) is 24.3 Å². The maximum atomic E-state index is 5.65. The Balaban J connectivity index is 2.33. The minimum absolute atomic E-state index is 0.0857. The molecule has 0 saturated carbocycles. The number of hydrogen-bond acceptors (Lipinski definition) is 5. The zero-order chi connectivity index (χ0) is 12.3. The Hall–Kier alpha value is -1.95. The van der Waals surface area contributed by atoms with Gasteiger partial charge in [-0.15, -0.1) is 5.10 Å². The topological polar surface area (TPSA) is 78.8 Å². The van der Waals surface area contributed by atoms with Gasteiger partial charge in [-0.3, -0.25) is 0 Å². The SMILES string of the molecule is COCC(C)n1nnnc1-c1ccc(N)cc1. The number of nitrogen functional groups attached to an aromatic ring is 1. The molecule has 6 nitrogen and oxygen atoms in total. The predicted molar refractivity (Wildman–Crippen MR) is 64.3 cm³/mol. The van der Waals surface area contributed by atoms with Crippen molar-refractivity contribution in [1.29, 1.82) is 0 Å². The zero-order valence-electron chi connectivity index (χ0n) is 9.87. The molecule has 2 aromatic rings. The van der Waals surface area contributed by atoms with Crippen molar-refractivity contribution >= 4 is 5.69 Å². The number of nitrogens with zero attached hydrogens (tertiary/aromatic N) is 4. The summed E-state index contributed by atoms with van der Waals surface area (Å²) in [6, 6.07) is 7.54. The average Bonchev–Trinajstić information content (AvgIpc) is 2.79. The van der Waals surface area contributed by atoms with Crippen LogP contribution in [0, 0.1) is 0 Å². The summed E-state index contributed by atoms with van der Waals surface area (Å²) in [6.45, 7) is 2.56. The fourth-order valence-electron chi connectivity index (χ4n) is 1.62. The van der Waals surface area contributed by atoms with E-state index in [2.05, 4.69) is 15.5 Å². The van der Waals surface area contributed by atoms with Crippen LogP contribution in [0.3, 0.4) is 0 Å². The summed E-state index contributed by atoms with van der Waals surface area (Å²) in [5.74, 6) is 0.717. The molecule has 0 bridgehead atoms. The lowest BCUT2D eigenvalue weighted by atomic mass is 10.2. The number of tetrazole rings is 1. The zero-order valence-corrected chi connectivity index (χ0v) is 9.87. The van der Waals surface area contributed by atoms with Crippen LogP contribution < -0.4 is 5.73 Å². The number of anilines is 1. The van der Waals surface area contributed by atoms with Crippen LogP contribution >= 0.6 is 0 Å². The van der Waals surface area contributed by atoms with Gasteiger partial charge >= 0.3 is 0 Å². The van der Waals surface area contributed by atoms with Gasteiger partial charge in [0.25, 0.3) is 0 Å². The van der Waals surface area contributed by atoms with E-state index in [-0.39, 0.29) is 6.04 Å². The highest BCUT2D eigenvalue weighted by molar-refractivity contribution is 5.58. The molecule has 0 aliphatic carbocycles. The number of rotatable bonds is 4. The number of hydrogen-bond donors (Lipinski definition) is 1. The first-order chi connectivity index (χ1) is 8.22. The Morgan fingerprint density at radius 3 is 2.71 bits per heavy atom. The maximum absolute atomic E-state index is 5.65. The van der Waals surface area contributed by atoms with Gasteiger partial charge in [0.2, 0.25) is 0 Å². The molecule has 6 heteroatoms. The molecule has 0 saturated heterocycles. The third-order valence-corrected chi connectivity index (χ3v) is 2.49. The Morgan fingerprint density at radius 2 is 2.06 bits per heavy atom. The van der Waals surface area contributed by atoms with Crippen LogP contribution in [0.4, 0.5) is 5.69 Å². The number of nitrogens with two attached hydrogens (primary N) is 1. The molecule has 1 atom stereocenters. The lowest BCUT2D eigenvalue weighted by molar-refractivity contribution is 0.156. The van der Waals surface area contributed by atoms with E-state index in [1.165, 1.54) is 0 Å². The Labute approximate surface area is 99.4 Å². The van der Waals surface area contributed by atoms with E-state index < -0.39 is 0 Å². The molecule has 2 N–H and O–H groups in total. The highest BCUT2D eigenvalue weighted by Crippen LogP contribution is 2.20. The van der Waals surface area contributed by atoms with E-state index in [4.69, 9.17) is 10.5 Å². The van der Waals surface area contributed by atoms with Crippen molar-refractivity contribution in [2.24, 2.45) is 0 Å². The first-order valence-corrected chi connectivity index (χ1v) is 5.35. The normalized spacial score (nSPS) is 12.6. The summed E-state index contributed by atoms with van der Waals surface area (Å²) >= 11 is 0. The summed E-state index contributed by atoms with van der Waals surface area (Å²) in [6.07, 6.45) is 0. The summed E-state index contributed by atoms with van der Waals surface area (Å²) in [5, 5.41) is 11.7. The van der Waals surface area contributed by atoms with E-state index in [1.807, 2.05) is 31.2 Å². The fraction of sp³-hybridized carbons (Fsp3) is 0.364. The van der Waals surface area contributed by atoms with Crippen LogP contribution in [0.5, 0.6) is 0 Å². The van der Waals surface area contributed by atoms with Crippen LogP contribution in [0.25, 0.3) is 11.4 Å². The lowest BCUT2D eigenvalue weighted by Crippen LogP contribution is -2.14. The van der Waals surface area contributed by atoms with Gasteiger partial charge in [-0.1, -0.05) is 0 Å². The highest BCUT2D eigenvalue weighted by Gasteiger charge is 2.14. The highest BCUT2D eigenvalue weighted by atomic mass is 16.5. The largest absolute Gasteiger partial charge is 0.399 e. The average molecular weight is 233 g/mol. The molecular weight excluding hydrogens is 218 g/mol. The van der Waals surface area contributed by atoms with Crippen LogP contribution in [0.2, 0.25) is 0 Å². The quantitative estimate of drug-likeness (QED) is 0.801. The van der Waals surface area contributed by atoms with Crippen LogP contribution in [-0.2, 0) is 4.74 Å². The van der Waals surface area contributed by atoms with E-state index in [0.717, 1.165) is 17.1 Å². The molecule has 2 rings (SSSR count). The van der Waals surface area contributed by atoms with Gasteiger partial charge in [0.1, 0.15) is 0 Å². The number of aromatic nitrogens is 4. The smallest absolute Gasteiger partial charge is 0.182 e. The summed E-state index contributed by atoms with van der Waals surface area (Å²) in [4.78, 5) is 0. The van der Waals surface area contributed by atoms with E-state index in [0.29, 0.717) is 6.61 Å². The fourth-order valence-corrected chi connectivity index (χ4v) is 1.62. The third kappa shape index (κ3) is 2.42. The molecule has 0 aliphatic rings. The lowest BCUT2D eigenvalue weighted by Gasteiger charge is -2.12. The minimum Gasteiger partial charge on any atom is -0.399 e. The van der Waals surface area contributed by atoms with Crippen LogP contribution in [-0.4, -0.2) is 33.9 Å². The number of ether oxygens (including phenoxy) is 1. The van der Waals surface area contributed by atoms with Crippen molar-refractivity contribution in [3.63, 3.8) is 0 Å². The van der Waals surface area contributed by atoms with E-state index in [1.54, 1.807) is 11.8 Å². The van der Waals surface area contributed by atoms with E-state index in [9.17, 15) is 0 Å². The van der Waals surface area contributed by atoms with Crippen LogP contribution in [0.1, 0.15) is 13.0 Å². The van der Waals surface area contributed by atoms with Crippen molar-refractivity contribution < 1.29 is 4.74 Å². The minimum atomic E-state index is 0.0857. The molecule has 1 aromatic heterocycles.